The zero-order valence-corrected chi connectivity index (χ0v) is 10.5. The van der Waals surface area contributed by atoms with Gasteiger partial charge < -0.3 is 10.0 Å². The highest BCUT2D eigenvalue weighted by molar-refractivity contribution is 6.02. The molecule has 0 aliphatic carbocycles. The number of carboxylic acids is 1. The predicted octanol–water partition coefficient (Wildman–Crippen LogP) is 2.06. The standard InChI is InChI=1S/C12H21NO3/c1-5-9(10(6-2)12(15)16)11(14)13(7-3)8-4/h5-8H2,1-4H3,(H,15,16)/b10-9-. The van der Waals surface area contributed by atoms with Crippen molar-refractivity contribution in [2.45, 2.75) is 40.5 Å². The van der Waals surface area contributed by atoms with Crippen LogP contribution in [0.15, 0.2) is 11.1 Å². The first-order valence-corrected chi connectivity index (χ1v) is 5.77. The number of carbonyl (C=O) groups is 2. The lowest BCUT2D eigenvalue weighted by atomic mass is 10.0. The van der Waals surface area contributed by atoms with Gasteiger partial charge in [-0.3, -0.25) is 4.79 Å². The summed E-state index contributed by atoms with van der Waals surface area (Å²) in [5.74, 6) is -1.13. The van der Waals surface area contributed by atoms with Crippen molar-refractivity contribution in [3.8, 4) is 0 Å². The van der Waals surface area contributed by atoms with Crippen LogP contribution in [0, 0.1) is 0 Å². The second-order valence-electron chi connectivity index (χ2n) is 3.45. The molecule has 0 bridgehead atoms. The molecule has 0 aliphatic rings. The Morgan fingerprint density at radius 1 is 0.938 bits per heavy atom. The fourth-order valence-electron chi connectivity index (χ4n) is 1.69. The van der Waals surface area contributed by atoms with Crippen molar-refractivity contribution in [2.75, 3.05) is 13.1 Å². The van der Waals surface area contributed by atoms with E-state index in [-0.39, 0.29) is 11.5 Å². The van der Waals surface area contributed by atoms with Crippen LogP contribution in [0.1, 0.15) is 40.5 Å². The van der Waals surface area contributed by atoms with Gasteiger partial charge in [0.15, 0.2) is 0 Å². The fraction of sp³-hybridized carbons (Fsp3) is 0.667. The Kier molecular flexibility index (Phi) is 6.46. The van der Waals surface area contributed by atoms with Gasteiger partial charge in [0.25, 0.3) is 0 Å². The third-order valence-corrected chi connectivity index (χ3v) is 2.64. The molecule has 0 aromatic rings. The van der Waals surface area contributed by atoms with Crippen LogP contribution in [-0.4, -0.2) is 35.0 Å². The molecule has 4 nitrogen and oxygen atoms in total. The molecule has 0 aliphatic heterocycles. The summed E-state index contributed by atoms with van der Waals surface area (Å²) < 4.78 is 0. The first-order valence-electron chi connectivity index (χ1n) is 5.77. The molecular formula is C12H21NO3. The molecule has 16 heavy (non-hydrogen) atoms. The minimum absolute atomic E-state index is 0.147. The normalized spacial score (nSPS) is 12.0. The lowest BCUT2D eigenvalue weighted by Crippen LogP contribution is -2.32. The minimum atomic E-state index is -0.986. The van der Waals surface area contributed by atoms with Crippen LogP contribution in [0.5, 0.6) is 0 Å². The van der Waals surface area contributed by atoms with Gasteiger partial charge in [0.2, 0.25) is 5.91 Å². The first-order chi connectivity index (χ1) is 7.53. The van der Waals surface area contributed by atoms with Gasteiger partial charge in [-0.05, 0) is 26.7 Å². The lowest BCUT2D eigenvalue weighted by molar-refractivity contribution is -0.134. The van der Waals surface area contributed by atoms with Gasteiger partial charge in [0, 0.05) is 24.2 Å². The molecule has 0 radical (unpaired) electrons. The van der Waals surface area contributed by atoms with Crippen molar-refractivity contribution < 1.29 is 14.7 Å². The molecule has 4 heteroatoms. The van der Waals surface area contributed by atoms with E-state index in [1.54, 1.807) is 11.8 Å². The smallest absolute Gasteiger partial charge is 0.332 e. The van der Waals surface area contributed by atoms with E-state index in [1.807, 2.05) is 20.8 Å². The Balaban J connectivity index is 5.25. The molecule has 0 saturated carbocycles. The molecule has 0 heterocycles. The van der Waals surface area contributed by atoms with Crippen LogP contribution in [0.2, 0.25) is 0 Å². The van der Waals surface area contributed by atoms with E-state index in [0.29, 0.717) is 31.5 Å². The van der Waals surface area contributed by atoms with Gasteiger partial charge in [-0.15, -0.1) is 0 Å². The van der Waals surface area contributed by atoms with E-state index in [9.17, 15) is 9.59 Å². The Bertz CT molecular complexity index is 291. The van der Waals surface area contributed by atoms with Crippen LogP contribution in [-0.2, 0) is 9.59 Å². The second-order valence-corrected chi connectivity index (χ2v) is 3.45. The molecule has 0 aromatic heterocycles. The zero-order valence-electron chi connectivity index (χ0n) is 10.5. The number of likely N-dealkylation sites (N-methyl/N-ethyl adjacent to an activating group) is 1. The first kappa shape index (κ1) is 14.7. The number of rotatable bonds is 6. The maximum Gasteiger partial charge on any atom is 0.332 e. The van der Waals surface area contributed by atoms with E-state index in [4.69, 9.17) is 5.11 Å². The maximum atomic E-state index is 12.0. The summed E-state index contributed by atoms with van der Waals surface area (Å²) >= 11 is 0. The third-order valence-electron chi connectivity index (χ3n) is 2.64. The molecule has 92 valence electrons. The molecule has 0 atom stereocenters. The van der Waals surface area contributed by atoms with E-state index >= 15 is 0 Å². The van der Waals surface area contributed by atoms with Crippen molar-refractivity contribution in [1.82, 2.24) is 4.90 Å². The summed E-state index contributed by atoms with van der Waals surface area (Å²) in [4.78, 5) is 24.7. The number of aliphatic carboxylic acids is 1. The summed E-state index contributed by atoms with van der Waals surface area (Å²) in [5.41, 5.74) is 0.665. The molecule has 0 spiro atoms. The lowest BCUT2D eigenvalue weighted by Gasteiger charge is -2.21. The highest BCUT2D eigenvalue weighted by Crippen LogP contribution is 2.15. The molecule has 0 fully saturated rings. The van der Waals surface area contributed by atoms with Gasteiger partial charge >= 0.3 is 5.97 Å². The summed E-state index contributed by atoms with van der Waals surface area (Å²) in [6, 6.07) is 0. The number of nitrogens with zero attached hydrogens (tertiary/aromatic N) is 1. The summed E-state index contributed by atoms with van der Waals surface area (Å²) in [6.45, 7) is 8.57. The van der Waals surface area contributed by atoms with Gasteiger partial charge in [0.1, 0.15) is 0 Å². The third kappa shape index (κ3) is 3.36. The number of hydrogen-bond acceptors (Lipinski definition) is 2. The SMILES string of the molecule is CC/C(C(=O)O)=C(\CC)C(=O)N(CC)CC. The van der Waals surface area contributed by atoms with Crippen LogP contribution in [0.25, 0.3) is 0 Å². The Labute approximate surface area is 96.9 Å². The maximum absolute atomic E-state index is 12.0. The fourth-order valence-corrected chi connectivity index (χ4v) is 1.69. The summed E-state index contributed by atoms with van der Waals surface area (Å²) in [7, 11) is 0. The van der Waals surface area contributed by atoms with Crippen molar-refractivity contribution in [3.05, 3.63) is 11.1 Å². The number of carboxylic acid groups (broad SMARTS) is 1. The van der Waals surface area contributed by atoms with Gasteiger partial charge in [-0.2, -0.15) is 0 Å². The average molecular weight is 227 g/mol. The van der Waals surface area contributed by atoms with Crippen LogP contribution in [0.3, 0.4) is 0 Å². The summed E-state index contributed by atoms with van der Waals surface area (Å²) in [5, 5.41) is 9.02. The van der Waals surface area contributed by atoms with E-state index < -0.39 is 5.97 Å². The number of hydrogen-bond donors (Lipinski definition) is 1. The van der Waals surface area contributed by atoms with Crippen molar-refractivity contribution in [3.63, 3.8) is 0 Å². The number of carbonyl (C=O) groups excluding carboxylic acids is 1. The summed E-state index contributed by atoms with van der Waals surface area (Å²) in [6.07, 6.45) is 0.844. The highest BCUT2D eigenvalue weighted by atomic mass is 16.4. The highest BCUT2D eigenvalue weighted by Gasteiger charge is 2.20. The quantitative estimate of drug-likeness (QED) is 0.706. The molecule has 1 N–H and O–H groups in total. The Morgan fingerprint density at radius 2 is 1.38 bits per heavy atom. The van der Waals surface area contributed by atoms with Gasteiger partial charge in [-0.1, -0.05) is 13.8 Å². The second kappa shape index (κ2) is 7.04. The van der Waals surface area contributed by atoms with Crippen molar-refractivity contribution in [1.29, 1.82) is 0 Å². The monoisotopic (exact) mass is 227 g/mol. The minimum Gasteiger partial charge on any atom is -0.478 e. The zero-order chi connectivity index (χ0) is 12.7. The van der Waals surface area contributed by atoms with Crippen LogP contribution < -0.4 is 0 Å². The molecule has 0 saturated heterocycles. The molecule has 0 rings (SSSR count). The van der Waals surface area contributed by atoms with E-state index in [2.05, 4.69) is 0 Å². The van der Waals surface area contributed by atoms with Crippen LogP contribution in [0.4, 0.5) is 0 Å². The van der Waals surface area contributed by atoms with Gasteiger partial charge in [0.05, 0.1) is 0 Å². The van der Waals surface area contributed by atoms with E-state index in [0.717, 1.165) is 0 Å². The van der Waals surface area contributed by atoms with Crippen molar-refractivity contribution in [2.24, 2.45) is 0 Å². The van der Waals surface area contributed by atoms with Crippen molar-refractivity contribution >= 4 is 11.9 Å². The Morgan fingerprint density at radius 3 is 1.62 bits per heavy atom. The molecule has 1 amide bonds. The Hall–Kier alpha value is -1.32. The number of amides is 1. The predicted molar refractivity (Wildman–Crippen MR) is 63.2 cm³/mol. The van der Waals surface area contributed by atoms with Gasteiger partial charge in [-0.25, -0.2) is 4.79 Å². The molecule has 0 aromatic carbocycles. The molecule has 0 unspecified atom stereocenters. The largest absolute Gasteiger partial charge is 0.478 e. The van der Waals surface area contributed by atoms with Crippen LogP contribution >= 0.6 is 0 Å². The topological polar surface area (TPSA) is 57.6 Å². The van der Waals surface area contributed by atoms with E-state index in [1.165, 1.54) is 0 Å². The molecular weight excluding hydrogens is 206 g/mol. The average Bonchev–Trinajstić information content (AvgIpc) is 2.26.